The van der Waals surface area contributed by atoms with Crippen LogP contribution < -0.4 is 10.0 Å². The molecule has 0 radical (unpaired) electrons. The third-order valence-corrected chi connectivity index (χ3v) is 3.50. The fourth-order valence-corrected chi connectivity index (χ4v) is 2.48. The van der Waals surface area contributed by atoms with Gasteiger partial charge in [-0.25, -0.2) is 8.42 Å². The number of hydrogen-bond donors (Lipinski definition) is 2. The van der Waals surface area contributed by atoms with Crippen LogP contribution in [0.4, 0.5) is 5.69 Å². The summed E-state index contributed by atoms with van der Waals surface area (Å²) in [7, 11) is -1.53. The Hall–Kier alpha value is -0.590. The summed E-state index contributed by atoms with van der Waals surface area (Å²) in [4.78, 5) is 0. The van der Waals surface area contributed by atoms with Gasteiger partial charge in [0.1, 0.15) is 0 Å². The molecule has 0 atom stereocenters. The van der Waals surface area contributed by atoms with Crippen molar-refractivity contribution in [2.75, 3.05) is 24.1 Å². The molecule has 0 unspecified atom stereocenters. The van der Waals surface area contributed by atoms with Gasteiger partial charge in [0.05, 0.1) is 5.75 Å². The van der Waals surface area contributed by atoms with Crippen LogP contribution in [-0.4, -0.2) is 27.8 Å². The van der Waals surface area contributed by atoms with Crippen LogP contribution in [0.1, 0.15) is 0 Å². The van der Waals surface area contributed by atoms with Crippen molar-refractivity contribution < 1.29 is 8.42 Å². The molecule has 0 aliphatic carbocycles. The second-order valence-electron chi connectivity index (χ2n) is 3.03. The number of hydrogen-bond acceptors (Lipinski definition) is 3. The Morgan fingerprint density at radius 3 is 2.73 bits per heavy atom. The quantitative estimate of drug-likeness (QED) is 0.863. The largest absolute Gasteiger partial charge is 0.319 e. The van der Waals surface area contributed by atoms with Crippen LogP contribution in [0.25, 0.3) is 0 Å². The van der Waals surface area contributed by atoms with E-state index in [1.165, 1.54) is 0 Å². The maximum absolute atomic E-state index is 11.5. The van der Waals surface area contributed by atoms with E-state index in [-0.39, 0.29) is 5.75 Å². The van der Waals surface area contributed by atoms with E-state index in [0.29, 0.717) is 12.2 Å². The van der Waals surface area contributed by atoms with Gasteiger partial charge in [0, 0.05) is 16.7 Å². The molecule has 15 heavy (non-hydrogen) atoms. The summed E-state index contributed by atoms with van der Waals surface area (Å²) in [6.45, 7) is 0.434. The first-order valence-corrected chi connectivity index (χ1v) is 6.89. The van der Waals surface area contributed by atoms with Crippen LogP contribution in [0.2, 0.25) is 0 Å². The lowest BCUT2D eigenvalue weighted by molar-refractivity contribution is 0.599. The lowest BCUT2D eigenvalue weighted by atomic mass is 10.3. The molecule has 0 bridgehead atoms. The van der Waals surface area contributed by atoms with Gasteiger partial charge in [0.2, 0.25) is 10.0 Å². The van der Waals surface area contributed by atoms with E-state index in [9.17, 15) is 8.42 Å². The van der Waals surface area contributed by atoms with Crippen molar-refractivity contribution in [3.05, 3.63) is 28.7 Å². The third kappa shape index (κ3) is 4.63. The number of rotatable bonds is 5. The zero-order valence-electron chi connectivity index (χ0n) is 8.33. The maximum Gasteiger partial charge on any atom is 0.233 e. The van der Waals surface area contributed by atoms with Gasteiger partial charge >= 0.3 is 0 Å². The van der Waals surface area contributed by atoms with Gasteiger partial charge in [-0.05, 0) is 25.2 Å². The maximum atomic E-state index is 11.5. The number of anilines is 1. The van der Waals surface area contributed by atoms with Crippen LogP contribution in [0.3, 0.4) is 0 Å². The second kappa shape index (κ2) is 5.48. The Kier molecular flexibility index (Phi) is 4.56. The molecule has 1 aromatic carbocycles. The van der Waals surface area contributed by atoms with E-state index in [1.54, 1.807) is 25.2 Å². The van der Waals surface area contributed by atoms with Crippen molar-refractivity contribution in [2.24, 2.45) is 0 Å². The Labute approximate surface area is 98.3 Å². The molecule has 0 amide bonds. The van der Waals surface area contributed by atoms with Crippen LogP contribution in [0.15, 0.2) is 28.7 Å². The first-order valence-electron chi connectivity index (χ1n) is 4.44. The van der Waals surface area contributed by atoms with Crippen LogP contribution in [-0.2, 0) is 10.0 Å². The Bertz CT molecular complexity index is 420. The summed E-state index contributed by atoms with van der Waals surface area (Å²) in [5.41, 5.74) is 0.570. The van der Waals surface area contributed by atoms with Crippen LogP contribution >= 0.6 is 15.9 Å². The lowest BCUT2D eigenvalue weighted by Gasteiger charge is -2.07. The number of halogens is 1. The topological polar surface area (TPSA) is 58.2 Å². The fraction of sp³-hybridized carbons (Fsp3) is 0.333. The molecule has 2 N–H and O–H groups in total. The molecular weight excluding hydrogens is 280 g/mol. The molecule has 4 nitrogen and oxygen atoms in total. The molecule has 1 aromatic rings. The van der Waals surface area contributed by atoms with Crippen molar-refractivity contribution in [3.8, 4) is 0 Å². The normalized spacial score (nSPS) is 11.3. The van der Waals surface area contributed by atoms with Gasteiger partial charge in [-0.15, -0.1) is 0 Å². The first-order chi connectivity index (χ1) is 7.03. The van der Waals surface area contributed by atoms with Gasteiger partial charge < -0.3 is 5.32 Å². The van der Waals surface area contributed by atoms with E-state index in [4.69, 9.17) is 0 Å². The van der Waals surface area contributed by atoms with Gasteiger partial charge in [-0.1, -0.05) is 22.0 Å². The molecule has 0 saturated heterocycles. The zero-order valence-corrected chi connectivity index (χ0v) is 10.7. The highest BCUT2D eigenvalue weighted by molar-refractivity contribution is 9.10. The average Bonchev–Trinajstić information content (AvgIpc) is 2.14. The van der Waals surface area contributed by atoms with Gasteiger partial charge in [0.25, 0.3) is 0 Å². The molecule has 0 spiro atoms. The predicted octanol–water partition coefficient (Wildman–Crippen LogP) is 1.41. The minimum atomic E-state index is -3.25. The molecule has 6 heteroatoms. The summed E-state index contributed by atoms with van der Waals surface area (Å²) >= 11 is 3.28. The molecule has 1 rings (SSSR count). The van der Waals surface area contributed by atoms with Crippen molar-refractivity contribution >= 4 is 31.6 Å². The second-order valence-corrected chi connectivity index (χ2v) is 5.79. The van der Waals surface area contributed by atoms with Crippen molar-refractivity contribution in [1.29, 1.82) is 0 Å². The molecular formula is C9H13BrN2O2S. The molecule has 0 fully saturated rings. The monoisotopic (exact) mass is 292 g/mol. The molecule has 0 aromatic heterocycles. The number of nitrogens with one attached hydrogen (secondary N) is 2. The lowest BCUT2D eigenvalue weighted by Crippen LogP contribution is -2.24. The smallest absolute Gasteiger partial charge is 0.233 e. The molecule has 0 heterocycles. The number of benzene rings is 1. The fourth-order valence-electron chi connectivity index (χ4n) is 1.02. The minimum Gasteiger partial charge on any atom is -0.319 e. The summed E-state index contributed by atoms with van der Waals surface area (Å²) in [5.74, 6) is 0.0655. The standard InChI is InChI=1S/C9H13BrN2O2S/c1-11-5-6-15(13,14)12-9-4-2-3-8(10)7-9/h2-4,7,11-12H,5-6H2,1H3. The molecule has 0 saturated carbocycles. The third-order valence-electron chi connectivity index (χ3n) is 1.72. The Morgan fingerprint density at radius 1 is 1.40 bits per heavy atom. The minimum absolute atomic E-state index is 0.0655. The SMILES string of the molecule is CNCCS(=O)(=O)Nc1cccc(Br)c1. The predicted molar refractivity (Wildman–Crippen MR) is 65.5 cm³/mol. The van der Waals surface area contributed by atoms with E-state index in [2.05, 4.69) is 26.0 Å². The van der Waals surface area contributed by atoms with Crippen molar-refractivity contribution in [2.45, 2.75) is 0 Å². The Balaban J connectivity index is 2.69. The van der Waals surface area contributed by atoms with Crippen LogP contribution in [0.5, 0.6) is 0 Å². The summed E-state index contributed by atoms with van der Waals surface area (Å²) in [5, 5.41) is 2.79. The molecule has 0 aliphatic rings. The highest BCUT2D eigenvalue weighted by Gasteiger charge is 2.09. The molecule has 0 aliphatic heterocycles. The van der Waals surface area contributed by atoms with E-state index >= 15 is 0 Å². The van der Waals surface area contributed by atoms with Crippen LogP contribution in [0, 0.1) is 0 Å². The number of sulfonamides is 1. The highest BCUT2D eigenvalue weighted by atomic mass is 79.9. The van der Waals surface area contributed by atoms with E-state index < -0.39 is 10.0 Å². The first kappa shape index (κ1) is 12.5. The zero-order chi connectivity index (χ0) is 11.3. The van der Waals surface area contributed by atoms with Crippen molar-refractivity contribution in [1.82, 2.24) is 5.32 Å². The summed E-state index contributed by atoms with van der Waals surface area (Å²) in [6.07, 6.45) is 0. The highest BCUT2D eigenvalue weighted by Crippen LogP contribution is 2.16. The van der Waals surface area contributed by atoms with Crippen molar-refractivity contribution in [3.63, 3.8) is 0 Å². The van der Waals surface area contributed by atoms with E-state index in [0.717, 1.165) is 4.47 Å². The Morgan fingerprint density at radius 2 is 2.13 bits per heavy atom. The summed E-state index contributed by atoms with van der Waals surface area (Å²) < 4.78 is 26.3. The summed E-state index contributed by atoms with van der Waals surface area (Å²) in [6, 6.07) is 7.05. The van der Waals surface area contributed by atoms with E-state index in [1.807, 2.05) is 6.07 Å². The average molecular weight is 293 g/mol. The van der Waals surface area contributed by atoms with Gasteiger partial charge in [-0.2, -0.15) is 0 Å². The molecule has 84 valence electrons. The van der Waals surface area contributed by atoms with Gasteiger partial charge in [-0.3, -0.25) is 4.72 Å². The van der Waals surface area contributed by atoms with Gasteiger partial charge in [0.15, 0.2) is 0 Å².